The summed E-state index contributed by atoms with van der Waals surface area (Å²) in [5, 5.41) is 5.94. The van der Waals surface area contributed by atoms with Gasteiger partial charge in [-0.15, -0.1) is 0 Å². The summed E-state index contributed by atoms with van der Waals surface area (Å²) in [6.45, 7) is 1.99. The molecule has 3 aromatic carbocycles. The number of carbonyl (C=O) groups is 2. The third kappa shape index (κ3) is 4.54. The molecule has 0 spiro atoms. The highest BCUT2D eigenvalue weighted by Gasteiger charge is 2.47. The quantitative estimate of drug-likeness (QED) is 0.347. The molecular formula is C32H28FN3O3. The lowest BCUT2D eigenvalue weighted by Crippen LogP contribution is -2.35. The van der Waals surface area contributed by atoms with Gasteiger partial charge in [-0.1, -0.05) is 30.3 Å². The third-order valence-corrected chi connectivity index (χ3v) is 7.70. The normalized spacial score (nSPS) is 18.5. The van der Waals surface area contributed by atoms with Gasteiger partial charge in [0.25, 0.3) is 5.91 Å². The monoisotopic (exact) mass is 521 g/mol. The number of likely N-dealkylation sites (N-methyl/N-ethyl adjacent to an activating group) is 1. The number of benzene rings is 3. The van der Waals surface area contributed by atoms with Crippen LogP contribution in [0.25, 0.3) is 11.1 Å². The number of pyridine rings is 1. The molecule has 2 unspecified atom stereocenters. The van der Waals surface area contributed by atoms with E-state index in [0.29, 0.717) is 11.3 Å². The van der Waals surface area contributed by atoms with Crippen LogP contribution in [0.3, 0.4) is 0 Å². The zero-order valence-corrected chi connectivity index (χ0v) is 21.7. The molecule has 7 heteroatoms. The topological polar surface area (TPSA) is 80.3 Å². The van der Waals surface area contributed by atoms with Crippen LogP contribution in [0.2, 0.25) is 0 Å². The van der Waals surface area contributed by atoms with Crippen molar-refractivity contribution in [1.29, 1.82) is 0 Å². The first-order chi connectivity index (χ1) is 18.9. The van der Waals surface area contributed by atoms with Gasteiger partial charge in [0.05, 0.1) is 11.2 Å². The number of ether oxygens (including phenoxy) is 1. The fourth-order valence-corrected chi connectivity index (χ4v) is 5.36. The standard InChI is InChI=1S/C32H28FN3O3/c1-19-6-7-22(30(37)36-32(14-15-32)27-5-3-4-16-35-27)18-24(19)21-10-13-26-25(17-21)28(31(38)34-2)29(39-26)20-8-11-23(33)12-9-20/h3-13,16-18,28-29H,14-15H2,1-2H3,(H,34,38)(H,36,37). The molecule has 1 aromatic heterocycles. The molecule has 0 saturated heterocycles. The second kappa shape index (κ2) is 9.66. The Labute approximate surface area is 226 Å². The molecule has 1 fully saturated rings. The number of halogens is 1. The molecule has 196 valence electrons. The minimum absolute atomic E-state index is 0.150. The van der Waals surface area contributed by atoms with E-state index in [2.05, 4.69) is 15.6 Å². The van der Waals surface area contributed by atoms with Crippen LogP contribution in [-0.2, 0) is 10.3 Å². The minimum atomic E-state index is -0.602. The summed E-state index contributed by atoms with van der Waals surface area (Å²) in [5.41, 5.74) is 5.27. The largest absolute Gasteiger partial charge is 0.484 e. The third-order valence-electron chi connectivity index (χ3n) is 7.70. The van der Waals surface area contributed by atoms with Crippen molar-refractivity contribution in [1.82, 2.24) is 15.6 Å². The molecule has 2 amide bonds. The fourth-order valence-electron chi connectivity index (χ4n) is 5.36. The number of nitrogens with zero attached hydrogens (tertiary/aromatic N) is 1. The zero-order valence-electron chi connectivity index (χ0n) is 21.7. The smallest absolute Gasteiger partial charge is 0.252 e. The van der Waals surface area contributed by atoms with Crippen molar-refractivity contribution in [3.63, 3.8) is 0 Å². The van der Waals surface area contributed by atoms with E-state index < -0.39 is 17.6 Å². The van der Waals surface area contributed by atoms with Crippen LogP contribution in [-0.4, -0.2) is 23.8 Å². The average molecular weight is 522 g/mol. The first-order valence-corrected chi connectivity index (χ1v) is 13.0. The van der Waals surface area contributed by atoms with E-state index in [0.717, 1.165) is 46.4 Å². The van der Waals surface area contributed by atoms with E-state index in [1.54, 1.807) is 25.4 Å². The second-order valence-corrected chi connectivity index (χ2v) is 10.2. The van der Waals surface area contributed by atoms with Crippen LogP contribution >= 0.6 is 0 Å². The molecule has 6 rings (SSSR count). The summed E-state index contributed by atoms with van der Waals surface area (Å²) in [7, 11) is 1.59. The van der Waals surface area contributed by atoms with Crippen molar-refractivity contribution in [2.75, 3.05) is 7.05 Å². The lowest BCUT2D eigenvalue weighted by atomic mass is 9.88. The maximum Gasteiger partial charge on any atom is 0.252 e. The zero-order chi connectivity index (χ0) is 27.1. The summed E-state index contributed by atoms with van der Waals surface area (Å²) >= 11 is 0. The van der Waals surface area contributed by atoms with Crippen LogP contribution in [0.15, 0.2) is 85.1 Å². The molecule has 4 aromatic rings. The van der Waals surface area contributed by atoms with E-state index in [-0.39, 0.29) is 17.6 Å². The van der Waals surface area contributed by atoms with E-state index >= 15 is 0 Å². The van der Waals surface area contributed by atoms with Gasteiger partial charge in [-0.2, -0.15) is 0 Å². The molecule has 6 nitrogen and oxygen atoms in total. The lowest BCUT2D eigenvalue weighted by Gasteiger charge is -2.18. The number of amides is 2. The predicted molar refractivity (Wildman–Crippen MR) is 146 cm³/mol. The molecule has 39 heavy (non-hydrogen) atoms. The Morgan fingerprint density at radius 1 is 1.00 bits per heavy atom. The van der Waals surface area contributed by atoms with Crippen LogP contribution in [0, 0.1) is 12.7 Å². The highest BCUT2D eigenvalue weighted by molar-refractivity contribution is 5.96. The summed E-state index contributed by atoms with van der Waals surface area (Å²) in [6.07, 6.45) is 2.89. The van der Waals surface area contributed by atoms with Gasteiger partial charge >= 0.3 is 0 Å². The van der Waals surface area contributed by atoms with Gasteiger partial charge in [-0.25, -0.2) is 4.39 Å². The molecule has 2 aliphatic rings. The van der Waals surface area contributed by atoms with E-state index in [9.17, 15) is 14.0 Å². The lowest BCUT2D eigenvalue weighted by molar-refractivity contribution is -0.123. The Morgan fingerprint density at radius 3 is 2.49 bits per heavy atom. The molecule has 2 atom stereocenters. The number of aryl methyl sites for hydroxylation is 1. The average Bonchev–Trinajstić information content (AvgIpc) is 3.65. The fraction of sp³-hybridized carbons (Fsp3) is 0.219. The van der Waals surface area contributed by atoms with Crippen molar-refractivity contribution in [3.05, 3.63) is 119 Å². The number of nitrogens with one attached hydrogen (secondary N) is 2. The maximum absolute atomic E-state index is 13.6. The number of hydrogen-bond acceptors (Lipinski definition) is 4. The summed E-state index contributed by atoms with van der Waals surface area (Å²) < 4.78 is 19.8. The van der Waals surface area contributed by atoms with E-state index in [1.807, 2.05) is 61.5 Å². The Bertz CT molecular complexity index is 1570. The Kier molecular flexibility index (Phi) is 6.14. The van der Waals surface area contributed by atoms with Crippen LogP contribution in [0.5, 0.6) is 5.75 Å². The SMILES string of the molecule is CNC(=O)C1c2cc(-c3cc(C(=O)NC4(c5ccccn5)CC4)ccc3C)ccc2OC1c1ccc(F)cc1. The molecule has 2 N–H and O–H groups in total. The molecule has 1 aliphatic heterocycles. The summed E-state index contributed by atoms with van der Waals surface area (Å²) in [5.74, 6) is -0.674. The van der Waals surface area contributed by atoms with Crippen molar-refractivity contribution in [3.8, 4) is 16.9 Å². The second-order valence-electron chi connectivity index (χ2n) is 10.2. The van der Waals surface area contributed by atoms with Crippen molar-refractivity contribution in [2.45, 2.75) is 37.3 Å². The number of hydrogen-bond donors (Lipinski definition) is 2. The Morgan fingerprint density at radius 2 is 1.79 bits per heavy atom. The molecule has 0 radical (unpaired) electrons. The number of carbonyl (C=O) groups excluding carboxylic acids is 2. The molecule has 1 aliphatic carbocycles. The number of aromatic nitrogens is 1. The van der Waals surface area contributed by atoms with Gasteiger partial charge in [0.1, 0.15) is 23.6 Å². The van der Waals surface area contributed by atoms with Crippen molar-refractivity contribution < 1.29 is 18.7 Å². The predicted octanol–water partition coefficient (Wildman–Crippen LogP) is 5.58. The minimum Gasteiger partial charge on any atom is -0.484 e. The first kappa shape index (κ1) is 24.8. The molecule has 1 saturated carbocycles. The van der Waals surface area contributed by atoms with Gasteiger partial charge in [0.2, 0.25) is 5.91 Å². The highest BCUT2D eigenvalue weighted by atomic mass is 19.1. The van der Waals surface area contributed by atoms with Gasteiger partial charge in [0, 0.05) is 24.4 Å². The van der Waals surface area contributed by atoms with Gasteiger partial charge in [0.15, 0.2) is 0 Å². The molecular weight excluding hydrogens is 493 g/mol. The Hall–Kier alpha value is -4.52. The van der Waals surface area contributed by atoms with Crippen molar-refractivity contribution >= 4 is 11.8 Å². The van der Waals surface area contributed by atoms with Crippen LogP contribution in [0.1, 0.15) is 57.6 Å². The van der Waals surface area contributed by atoms with E-state index in [1.165, 1.54) is 12.1 Å². The maximum atomic E-state index is 13.6. The highest BCUT2D eigenvalue weighted by Crippen LogP contribution is 2.48. The molecule has 2 heterocycles. The van der Waals surface area contributed by atoms with Crippen LogP contribution in [0.4, 0.5) is 4.39 Å². The number of rotatable bonds is 6. The summed E-state index contributed by atoms with van der Waals surface area (Å²) in [4.78, 5) is 30.8. The summed E-state index contributed by atoms with van der Waals surface area (Å²) in [6, 6.07) is 23.2. The van der Waals surface area contributed by atoms with Gasteiger partial charge in [-0.05, 0) is 90.6 Å². The van der Waals surface area contributed by atoms with Crippen molar-refractivity contribution in [2.24, 2.45) is 0 Å². The van der Waals surface area contributed by atoms with Gasteiger partial charge in [-0.3, -0.25) is 14.6 Å². The first-order valence-electron chi connectivity index (χ1n) is 13.0. The van der Waals surface area contributed by atoms with E-state index in [4.69, 9.17) is 4.74 Å². The van der Waals surface area contributed by atoms with Gasteiger partial charge < -0.3 is 15.4 Å². The van der Waals surface area contributed by atoms with Crippen LogP contribution < -0.4 is 15.4 Å². The Balaban J connectivity index is 1.32. The number of fused-ring (bicyclic) bond motifs is 1. The molecule has 0 bridgehead atoms.